The van der Waals surface area contributed by atoms with Crippen LogP contribution in [0.3, 0.4) is 0 Å². The zero-order chi connectivity index (χ0) is 16.9. The van der Waals surface area contributed by atoms with Crippen molar-refractivity contribution in [3.05, 3.63) is 29.0 Å². The van der Waals surface area contributed by atoms with Gasteiger partial charge in [-0.25, -0.2) is 0 Å². The number of fused-ring (bicyclic) bond motifs is 1. The predicted octanol–water partition coefficient (Wildman–Crippen LogP) is 3.04. The van der Waals surface area contributed by atoms with Gasteiger partial charge in [0.15, 0.2) is 17.1 Å². The van der Waals surface area contributed by atoms with Crippen molar-refractivity contribution in [3.63, 3.8) is 0 Å². The summed E-state index contributed by atoms with van der Waals surface area (Å²) in [6.07, 6.45) is 0.0633. The highest BCUT2D eigenvalue weighted by molar-refractivity contribution is 6.00. The Balaban J connectivity index is 2.10. The Morgan fingerprint density at radius 1 is 1.39 bits per heavy atom. The number of aliphatic hydroxyl groups is 1. The number of amides is 1. The lowest BCUT2D eigenvalue weighted by Gasteiger charge is -2.33. The minimum Gasteiger partial charge on any atom is -0.493 e. The van der Waals surface area contributed by atoms with Crippen molar-refractivity contribution in [1.82, 2.24) is 4.90 Å². The van der Waals surface area contributed by atoms with Crippen LogP contribution in [0.4, 0.5) is 0 Å². The highest BCUT2D eigenvalue weighted by Crippen LogP contribution is 2.36. The average Bonchev–Trinajstić information content (AvgIpc) is 2.96. The normalized spacial score (nSPS) is 20.3. The van der Waals surface area contributed by atoms with Gasteiger partial charge in [-0.1, -0.05) is 0 Å². The summed E-state index contributed by atoms with van der Waals surface area (Å²) in [6, 6.07) is 3.89. The van der Waals surface area contributed by atoms with E-state index in [1.54, 1.807) is 12.0 Å². The molecule has 1 N–H and O–H groups in total. The third-order valence-electron chi connectivity index (χ3n) is 4.94. The molecule has 0 aliphatic carbocycles. The van der Waals surface area contributed by atoms with E-state index in [1.807, 2.05) is 39.8 Å². The molecular weight excluding hydrogens is 294 g/mol. The molecule has 1 aromatic heterocycles. The molecular formula is C18H23NO4. The SMILES string of the molecule is COc1cc(C)cc2c(C)c(C(=O)N3CCC(O)C3(C)C)oc12. The first-order valence-corrected chi connectivity index (χ1v) is 7.85. The van der Waals surface area contributed by atoms with Crippen LogP contribution in [0.1, 0.15) is 41.9 Å². The van der Waals surface area contributed by atoms with E-state index in [4.69, 9.17) is 9.15 Å². The first-order chi connectivity index (χ1) is 10.8. The highest BCUT2D eigenvalue weighted by Gasteiger charge is 2.44. The largest absolute Gasteiger partial charge is 0.493 e. The fraction of sp³-hybridized carbons (Fsp3) is 0.500. The second-order valence-corrected chi connectivity index (χ2v) is 6.81. The van der Waals surface area contributed by atoms with E-state index in [2.05, 4.69) is 0 Å². The quantitative estimate of drug-likeness (QED) is 0.925. The molecule has 2 aromatic rings. The molecule has 124 valence electrons. The van der Waals surface area contributed by atoms with Crippen LogP contribution < -0.4 is 4.74 Å². The van der Waals surface area contributed by atoms with Crippen LogP contribution in [0.2, 0.25) is 0 Å². The Hall–Kier alpha value is -2.01. The molecule has 1 aliphatic heterocycles. The summed E-state index contributed by atoms with van der Waals surface area (Å²) in [5, 5.41) is 11.0. The maximum absolute atomic E-state index is 13.0. The van der Waals surface area contributed by atoms with Crippen LogP contribution in [-0.4, -0.2) is 41.2 Å². The minimum atomic E-state index is -0.595. The maximum atomic E-state index is 13.0. The molecule has 5 nitrogen and oxygen atoms in total. The van der Waals surface area contributed by atoms with Crippen molar-refractivity contribution < 1.29 is 19.1 Å². The van der Waals surface area contributed by atoms with Crippen molar-refractivity contribution in [2.75, 3.05) is 13.7 Å². The smallest absolute Gasteiger partial charge is 0.290 e. The molecule has 1 aromatic carbocycles. The zero-order valence-corrected chi connectivity index (χ0v) is 14.3. The lowest BCUT2D eigenvalue weighted by Crippen LogP contribution is -2.48. The van der Waals surface area contributed by atoms with Crippen molar-refractivity contribution >= 4 is 16.9 Å². The van der Waals surface area contributed by atoms with Crippen LogP contribution in [0, 0.1) is 13.8 Å². The number of carbonyl (C=O) groups excluding carboxylic acids is 1. The van der Waals surface area contributed by atoms with E-state index >= 15 is 0 Å². The molecule has 1 atom stereocenters. The van der Waals surface area contributed by atoms with Gasteiger partial charge in [-0.2, -0.15) is 0 Å². The summed E-state index contributed by atoms with van der Waals surface area (Å²) in [4.78, 5) is 14.7. The molecule has 1 unspecified atom stereocenters. The van der Waals surface area contributed by atoms with Gasteiger partial charge in [-0.05, 0) is 51.8 Å². The van der Waals surface area contributed by atoms with Gasteiger partial charge in [0.25, 0.3) is 5.91 Å². The van der Waals surface area contributed by atoms with E-state index in [0.717, 1.165) is 16.5 Å². The maximum Gasteiger partial charge on any atom is 0.290 e. The van der Waals surface area contributed by atoms with Crippen molar-refractivity contribution in [1.29, 1.82) is 0 Å². The summed E-state index contributed by atoms with van der Waals surface area (Å²) in [7, 11) is 1.59. The Bertz CT molecular complexity index is 775. The molecule has 1 aliphatic rings. The fourth-order valence-electron chi connectivity index (χ4n) is 3.34. The summed E-state index contributed by atoms with van der Waals surface area (Å²) in [5.41, 5.74) is 1.86. The summed E-state index contributed by atoms with van der Waals surface area (Å²) < 4.78 is 11.3. The molecule has 1 fully saturated rings. The number of ether oxygens (including phenoxy) is 1. The average molecular weight is 317 g/mol. The number of aliphatic hydroxyl groups excluding tert-OH is 1. The van der Waals surface area contributed by atoms with E-state index in [9.17, 15) is 9.90 Å². The molecule has 0 saturated carbocycles. The molecule has 0 radical (unpaired) electrons. The second-order valence-electron chi connectivity index (χ2n) is 6.81. The number of likely N-dealkylation sites (tertiary alicyclic amines) is 1. The standard InChI is InChI=1S/C18H23NO4/c1-10-8-12-11(2)15(23-16(12)13(9-10)22-5)17(21)19-7-6-14(20)18(19,3)4/h8-9,14,20H,6-7H2,1-5H3. The number of benzene rings is 1. The van der Waals surface area contributed by atoms with Gasteiger partial charge in [0.05, 0.1) is 18.8 Å². The third kappa shape index (κ3) is 2.30. The number of methoxy groups -OCH3 is 1. The predicted molar refractivity (Wildman–Crippen MR) is 88.0 cm³/mol. The lowest BCUT2D eigenvalue weighted by atomic mass is 9.98. The molecule has 1 amide bonds. The number of nitrogens with zero attached hydrogens (tertiary/aromatic N) is 1. The van der Waals surface area contributed by atoms with Crippen molar-refractivity contribution in [3.8, 4) is 5.75 Å². The Morgan fingerprint density at radius 3 is 2.65 bits per heavy atom. The van der Waals surface area contributed by atoms with E-state index in [1.165, 1.54) is 0 Å². The molecule has 0 spiro atoms. The van der Waals surface area contributed by atoms with E-state index < -0.39 is 11.6 Å². The number of furan rings is 1. The summed E-state index contributed by atoms with van der Waals surface area (Å²) in [6.45, 7) is 8.16. The second kappa shape index (κ2) is 5.27. The van der Waals surface area contributed by atoms with Crippen molar-refractivity contribution in [2.45, 2.75) is 45.8 Å². The van der Waals surface area contributed by atoms with Gasteiger partial charge < -0.3 is 19.2 Å². The number of hydrogen-bond acceptors (Lipinski definition) is 4. The van der Waals surface area contributed by atoms with E-state index in [0.29, 0.717) is 30.1 Å². The lowest BCUT2D eigenvalue weighted by molar-refractivity contribution is 0.0371. The zero-order valence-electron chi connectivity index (χ0n) is 14.3. The van der Waals surface area contributed by atoms with Crippen LogP contribution in [-0.2, 0) is 0 Å². The first-order valence-electron chi connectivity index (χ1n) is 7.85. The molecule has 3 rings (SSSR count). The number of aryl methyl sites for hydroxylation is 2. The Labute approximate surface area is 135 Å². The molecule has 5 heteroatoms. The van der Waals surface area contributed by atoms with E-state index in [-0.39, 0.29) is 5.91 Å². The monoisotopic (exact) mass is 317 g/mol. The topological polar surface area (TPSA) is 62.9 Å². The van der Waals surface area contributed by atoms with Gasteiger partial charge >= 0.3 is 0 Å². The van der Waals surface area contributed by atoms with Gasteiger partial charge in [0.2, 0.25) is 0 Å². The van der Waals surface area contributed by atoms with Gasteiger partial charge in [-0.15, -0.1) is 0 Å². The molecule has 1 saturated heterocycles. The van der Waals surface area contributed by atoms with Gasteiger partial charge in [-0.3, -0.25) is 4.79 Å². The number of hydrogen-bond donors (Lipinski definition) is 1. The van der Waals surface area contributed by atoms with Crippen LogP contribution >= 0.6 is 0 Å². The van der Waals surface area contributed by atoms with Gasteiger partial charge in [0.1, 0.15) is 0 Å². The minimum absolute atomic E-state index is 0.181. The van der Waals surface area contributed by atoms with Gasteiger partial charge in [0, 0.05) is 17.5 Å². The fourth-order valence-corrected chi connectivity index (χ4v) is 3.34. The summed E-state index contributed by atoms with van der Waals surface area (Å²) in [5.74, 6) is 0.772. The highest BCUT2D eigenvalue weighted by atomic mass is 16.5. The van der Waals surface area contributed by atoms with Crippen LogP contribution in [0.25, 0.3) is 11.0 Å². The molecule has 23 heavy (non-hydrogen) atoms. The molecule has 0 bridgehead atoms. The Kier molecular flexibility index (Phi) is 3.64. The van der Waals surface area contributed by atoms with Crippen molar-refractivity contribution in [2.24, 2.45) is 0 Å². The molecule has 2 heterocycles. The third-order valence-corrected chi connectivity index (χ3v) is 4.94. The summed E-state index contributed by atoms with van der Waals surface area (Å²) >= 11 is 0. The number of rotatable bonds is 2. The van der Waals surface area contributed by atoms with Crippen LogP contribution in [0.15, 0.2) is 16.5 Å². The van der Waals surface area contributed by atoms with Crippen LogP contribution in [0.5, 0.6) is 5.75 Å². The Morgan fingerprint density at radius 2 is 2.09 bits per heavy atom. The first kappa shape index (κ1) is 15.9. The number of carbonyl (C=O) groups is 1.